The topological polar surface area (TPSA) is 26.3 Å². The fraction of sp³-hybridized carbons (Fsp3) is 0.414. The Kier molecular flexibility index (Phi) is 7.06. The van der Waals surface area contributed by atoms with Crippen LogP contribution in [-0.4, -0.2) is 12.9 Å². The van der Waals surface area contributed by atoms with Crippen LogP contribution in [0.25, 0.3) is 0 Å². The number of aryl methyl sites for hydroxylation is 2. The van der Waals surface area contributed by atoms with Gasteiger partial charge >= 0.3 is 0 Å². The van der Waals surface area contributed by atoms with Gasteiger partial charge in [-0.1, -0.05) is 66.6 Å². The summed E-state index contributed by atoms with van der Waals surface area (Å²) in [7, 11) is 1.70. The molecule has 2 unspecified atom stereocenters. The average molecular weight is 415 g/mol. The molecule has 2 nitrogen and oxygen atoms in total. The maximum absolute atomic E-state index is 13.1. The van der Waals surface area contributed by atoms with Crippen LogP contribution in [0, 0.1) is 5.92 Å². The standard InChI is InChI=1S/C29H34O2/c1-3-26-23(14-11-21-12-18-25(31-2)19-13-21)15-16-24(26)17-20-29(30)28-10-6-8-22-7-4-5-9-27(22)28/h4-5,7,9,12-13,15-16,18-19,26,28H,3,6,8,10-11,14,17,20H2,1-2H3. The largest absolute Gasteiger partial charge is 0.497 e. The Labute approximate surface area is 187 Å². The fourth-order valence-electron chi connectivity index (χ4n) is 5.34. The number of Topliss-reactive ketones (excluding diaryl/α,β-unsaturated/α-hetero) is 1. The van der Waals surface area contributed by atoms with Gasteiger partial charge in [-0.25, -0.2) is 0 Å². The maximum Gasteiger partial charge on any atom is 0.140 e. The lowest BCUT2D eigenvalue weighted by Gasteiger charge is -2.25. The molecule has 0 saturated heterocycles. The van der Waals surface area contributed by atoms with Crippen LogP contribution in [0.5, 0.6) is 5.75 Å². The number of benzene rings is 2. The minimum atomic E-state index is 0.106. The van der Waals surface area contributed by atoms with Crippen molar-refractivity contribution >= 4 is 5.78 Å². The van der Waals surface area contributed by atoms with Gasteiger partial charge in [-0.05, 0) is 73.8 Å². The van der Waals surface area contributed by atoms with Crippen molar-refractivity contribution in [2.75, 3.05) is 7.11 Å². The Morgan fingerprint density at radius 1 is 0.968 bits per heavy atom. The van der Waals surface area contributed by atoms with Crippen LogP contribution in [0.1, 0.15) is 68.1 Å². The highest BCUT2D eigenvalue weighted by Gasteiger charge is 2.27. The van der Waals surface area contributed by atoms with Gasteiger partial charge in [-0.15, -0.1) is 0 Å². The van der Waals surface area contributed by atoms with Crippen molar-refractivity contribution in [3.63, 3.8) is 0 Å². The molecule has 0 heterocycles. The molecule has 0 bridgehead atoms. The lowest BCUT2D eigenvalue weighted by Crippen LogP contribution is -2.19. The van der Waals surface area contributed by atoms with Crippen LogP contribution in [0.4, 0.5) is 0 Å². The van der Waals surface area contributed by atoms with E-state index in [4.69, 9.17) is 4.74 Å². The van der Waals surface area contributed by atoms with Gasteiger partial charge in [0.2, 0.25) is 0 Å². The predicted molar refractivity (Wildman–Crippen MR) is 128 cm³/mol. The van der Waals surface area contributed by atoms with Gasteiger partial charge in [0.1, 0.15) is 11.5 Å². The van der Waals surface area contributed by atoms with Gasteiger partial charge < -0.3 is 4.74 Å². The van der Waals surface area contributed by atoms with Crippen LogP contribution >= 0.6 is 0 Å². The third-order valence-electron chi connectivity index (χ3n) is 7.09. The van der Waals surface area contributed by atoms with Crippen LogP contribution in [0.3, 0.4) is 0 Å². The molecule has 31 heavy (non-hydrogen) atoms. The van der Waals surface area contributed by atoms with Crippen molar-refractivity contribution in [1.29, 1.82) is 0 Å². The minimum Gasteiger partial charge on any atom is -0.497 e. The van der Waals surface area contributed by atoms with E-state index >= 15 is 0 Å². The van der Waals surface area contributed by atoms with E-state index in [0.29, 0.717) is 18.1 Å². The molecule has 162 valence electrons. The minimum absolute atomic E-state index is 0.106. The molecule has 0 amide bonds. The Hall–Kier alpha value is -2.61. The van der Waals surface area contributed by atoms with Gasteiger partial charge in [0.05, 0.1) is 7.11 Å². The molecule has 2 aliphatic rings. The van der Waals surface area contributed by atoms with E-state index < -0.39 is 0 Å². The predicted octanol–water partition coefficient (Wildman–Crippen LogP) is 6.99. The number of hydrogen-bond donors (Lipinski definition) is 0. The fourth-order valence-corrected chi connectivity index (χ4v) is 5.34. The van der Waals surface area contributed by atoms with Crippen LogP contribution in [-0.2, 0) is 17.6 Å². The number of fused-ring (bicyclic) bond motifs is 1. The van der Waals surface area contributed by atoms with Gasteiger partial charge in [0.15, 0.2) is 0 Å². The zero-order valence-corrected chi connectivity index (χ0v) is 18.9. The molecule has 0 fully saturated rings. The second-order valence-electron chi connectivity index (χ2n) is 8.90. The van der Waals surface area contributed by atoms with Gasteiger partial charge in [-0.3, -0.25) is 4.79 Å². The van der Waals surface area contributed by atoms with Crippen molar-refractivity contribution in [2.45, 2.75) is 64.2 Å². The Balaban J connectivity index is 1.31. The number of methoxy groups -OCH3 is 1. The first-order chi connectivity index (χ1) is 15.2. The molecule has 0 N–H and O–H groups in total. The summed E-state index contributed by atoms with van der Waals surface area (Å²) in [4.78, 5) is 13.1. The molecule has 2 aromatic rings. The first-order valence-corrected chi connectivity index (χ1v) is 11.8. The van der Waals surface area contributed by atoms with E-state index in [-0.39, 0.29) is 5.92 Å². The molecule has 0 aromatic heterocycles. The lowest BCUT2D eigenvalue weighted by atomic mass is 9.78. The summed E-state index contributed by atoms with van der Waals surface area (Å²) in [6, 6.07) is 16.9. The number of carbonyl (C=O) groups excluding carboxylic acids is 1. The van der Waals surface area contributed by atoms with Gasteiger partial charge in [0.25, 0.3) is 0 Å². The molecule has 2 atom stereocenters. The lowest BCUT2D eigenvalue weighted by molar-refractivity contribution is -0.120. The molecule has 0 spiro atoms. The highest BCUT2D eigenvalue weighted by molar-refractivity contribution is 5.86. The van der Waals surface area contributed by atoms with Crippen molar-refractivity contribution in [2.24, 2.45) is 5.92 Å². The highest BCUT2D eigenvalue weighted by atomic mass is 16.5. The SMILES string of the molecule is CCC1C(CCC(=O)C2CCCc3ccccc32)=CC=C1CCc1ccc(OC)cc1. The van der Waals surface area contributed by atoms with Gasteiger partial charge in [0, 0.05) is 18.3 Å². The maximum atomic E-state index is 13.1. The third-order valence-corrected chi connectivity index (χ3v) is 7.09. The summed E-state index contributed by atoms with van der Waals surface area (Å²) >= 11 is 0. The second-order valence-corrected chi connectivity index (χ2v) is 8.90. The summed E-state index contributed by atoms with van der Waals surface area (Å²) in [5.41, 5.74) is 6.97. The van der Waals surface area contributed by atoms with Crippen molar-refractivity contribution in [3.8, 4) is 5.75 Å². The second kappa shape index (κ2) is 10.1. The number of allylic oxidation sites excluding steroid dienone is 4. The van der Waals surface area contributed by atoms with Crippen LogP contribution in [0.15, 0.2) is 71.8 Å². The first-order valence-electron chi connectivity index (χ1n) is 11.8. The average Bonchev–Trinajstić information content (AvgIpc) is 3.22. The van der Waals surface area contributed by atoms with E-state index in [2.05, 4.69) is 55.5 Å². The molecule has 2 heteroatoms. The first kappa shape index (κ1) is 21.6. The molecule has 2 aromatic carbocycles. The number of ether oxygens (including phenoxy) is 1. The summed E-state index contributed by atoms with van der Waals surface area (Å²) in [5, 5.41) is 0. The molecule has 4 rings (SSSR count). The van der Waals surface area contributed by atoms with E-state index in [0.717, 1.165) is 50.7 Å². The zero-order chi connectivity index (χ0) is 21.6. The Morgan fingerprint density at radius 2 is 1.71 bits per heavy atom. The van der Waals surface area contributed by atoms with Crippen molar-refractivity contribution in [3.05, 3.63) is 88.5 Å². The van der Waals surface area contributed by atoms with E-state index in [1.54, 1.807) is 7.11 Å². The summed E-state index contributed by atoms with van der Waals surface area (Å²) < 4.78 is 5.26. The Bertz CT molecular complexity index is 964. The van der Waals surface area contributed by atoms with E-state index in [1.807, 2.05) is 12.1 Å². The van der Waals surface area contributed by atoms with Gasteiger partial charge in [-0.2, -0.15) is 0 Å². The molecule has 2 aliphatic carbocycles. The van der Waals surface area contributed by atoms with Crippen molar-refractivity contribution in [1.82, 2.24) is 0 Å². The molecule has 0 saturated carbocycles. The number of carbonyl (C=O) groups is 1. The summed E-state index contributed by atoms with van der Waals surface area (Å²) in [6.45, 7) is 2.27. The van der Waals surface area contributed by atoms with Crippen LogP contribution in [0.2, 0.25) is 0 Å². The molecule has 0 radical (unpaired) electrons. The number of ketones is 1. The van der Waals surface area contributed by atoms with E-state index in [9.17, 15) is 4.79 Å². The zero-order valence-electron chi connectivity index (χ0n) is 18.9. The highest BCUT2D eigenvalue weighted by Crippen LogP contribution is 2.37. The molecular weight excluding hydrogens is 380 g/mol. The molecular formula is C29H34O2. The number of hydrogen-bond acceptors (Lipinski definition) is 2. The van der Waals surface area contributed by atoms with Crippen LogP contribution < -0.4 is 4.74 Å². The monoisotopic (exact) mass is 414 g/mol. The third kappa shape index (κ3) is 5.01. The van der Waals surface area contributed by atoms with Crippen molar-refractivity contribution < 1.29 is 9.53 Å². The quantitative estimate of drug-likeness (QED) is 0.442. The number of rotatable bonds is 9. The normalized spacial score (nSPS) is 20.1. The Morgan fingerprint density at radius 3 is 2.45 bits per heavy atom. The summed E-state index contributed by atoms with van der Waals surface area (Å²) in [5.74, 6) is 1.94. The van der Waals surface area contributed by atoms with E-state index in [1.165, 1.54) is 27.8 Å². The summed E-state index contributed by atoms with van der Waals surface area (Å²) in [6.07, 6.45) is 12.7. The smallest absolute Gasteiger partial charge is 0.140 e. The molecule has 0 aliphatic heterocycles.